The van der Waals surface area contributed by atoms with Crippen molar-refractivity contribution in [3.05, 3.63) is 88.5 Å². The van der Waals surface area contributed by atoms with Crippen LogP contribution in [0.4, 0.5) is 11.6 Å². The number of nitrogens with one attached hydrogen (secondary N) is 3. The van der Waals surface area contributed by atoms with E-state index in [0.717, 1.165) is 54.1 Å². The number of phosphoric acid groups is 2. The van der Waals surface area contributed by atoms with Crippen LogP contribution in [0.1, 0.15) is 244 Å². The van der Waals surface area contributed by atoms with Crippen LogP contribution in [-0.4, -0.2) is 101 Å². The molecule has 6 rings (SSSR count). The molecule has 3 aromatic heterocycles. The van der Waals surface area contributed by atoms with E-state index in [2.05, 4.69) is 49.5 Å². The highest BCUT2D eigenvalue weighted by Gasteiger charge is 2.45. The second kappa shape index (κ2) is 39.4. The van der Waals surface area contributed by atoms with Crippen molar-refractivity contribution in [2.45, 2.75) is 275 Å². The summed E-state index contributed by atoms with van der Waals surface area (Å²) in [5.41, 5.74) is 6.50. The summed E-state index contributed by atoms with van der Waals surface area (Å²) in [4.78, 5) is 112. The highest BCUT2D eigenvalue weighted by Crippen LogP contribution is 2.51. The number of unbranched alkanes of at least 4 members (excludes halogenated alkanes) is 24. The van der Waals surface area contributed by atoms with Crippen LogP contribution in [0.15, 0.2) is 55.0 Å². The zero-order chi connectivity index (χ0) is 64.7. The van der Waals surface area contributed by atoms with Crippen LogP contribution in [0.25, 0.3) is 10.4 Å². The molecule has 0 spiro atoms. The molecule has 0 saturated carbocycles. The number of hydrogen-bond donors (Lipinski definition) is 5. The van der Waals surface area contributed by atoms with Crippen LogP contribution in [0.5, 0.6) is 0 Å². The molecule has 0 bridgehead atoms. The molecule has 0 aromatic carbocycles. The molecule has 30 heteroatoms. The number of aryl methyl sites for hydroxylation is 1. The summed E-state index contributed by atoms with van der Waals surface area (Å²) >= 11 is 0. The van der Waals surface area contributed by atoms with Crippen molar-refractivity contribution in [1.29, 1.82) is 0 Å². The Kier molecular flexibility index (Phi) is 32.3. The van der Waals surface area contributed by atoms with Crippen molar-refractivity contribution in [2.75, 3.05) is 30.5 Å². The topological polar surface area (TPSA) is 371 Å². The fourth-order valence-electron chi connectivity index (χ4n) is 11.3. The van der Waals surface area contributed by atoms with Gasteiger partial charge < -0.3 is 34.6 Å². The average Bonchev–Trinajstić information content (AvgIpc) is 2.15. The number of ether oxygens (including phenoxy) is 3. The number of azide groups is 1. The zero-order valence-corrected chi connectivity index (χ0v) is 54.5. The first-order valence-electron chi connectivity index (χ1n) is 32.8. The van der Waals surface area contributed by atoms with Crippen molar-refractivity contribution in [3.8, 4) is 0 Å². The van der Waals surface area contributed by atoms with Crippen LogP contribution in [-0.2, 0) is 51.0 Å². The molecule has 5 N–H and O–H groups in total. The molecule has 90 heavy (non-hydrogen) atoms. The highest BCUT2D eigenvalue weighted by atomic mass is 31.2. The summed E-state index contributed by atoms with van der Waals surface area (Å²) < 4.78 is 70.0. The maximum atomic E-state index is 13.7. The first kappa shape index (κ1) is 73.8. The van der Waals surface area contributed by atoms with Crippen molar-refractivity contribution >= 4 is 39.1 Å². The van der Waals surface area contributed by atoms with Crippen molar-refractivity contribution in [3.63, 3.8) is 0 Å². The lowest BCUT2D eigenvalue weighted by Gasteiger charge is -2.23. The van der Waals surface area contributed by atoms with Gasteiger partial charge in [-0.15, -0.1) is 0 Å². The Morgan fingerprint density at radius 3 is 1.57 bits per heavy atom. The number of aromatic amines is 1. The monoisotopic (exact) mass is 1310 g/mol. The van der Waals surface area contributed by atoms with Gasteiger partial charge in [-0.2, -0.15) is 9.97 Å². The van der Waals surface area contributed by atoms with Gasteiger partial charge in [0.05, 0.1) is 38.1 Å². The second-order valence-corrected chi connectivity index (χ2v) is 26.7. The number of amides is 2. The number of carbonyl (C=O) groups excluding carboxylic acids is 2. The van der Waals surface area contributed by atoms with Crippen LogP contribution in [0, 0.1) is 6.92 Å². The highest BCUT2D eigenvalue weighted by molar-refractivity contribution is 7.47. The summed E-state index contributed by atoms with van der Waals surface area (Å²) in [5, 5.41) is 9.05. The quantitative estimate of drug-likeness (QED) is 0.0115. The van der Waals surface area contributed by atoms with E-state index in [1.54, 1.807) is 0 Å². The third kappa shape index (κ3) is 26.1. The third-order valence-corrected chi connectivity index (χ3v) is 18.4. The molecule has 0 aliphatic carbocycles. The number of carbonyl (C=O) groups is 2. The van der Waals surface area contributed by atoms with E-state index in [9.17, 15) is 53.2 Å². The molecule has 3 fully saturated rings. The lowest BCUT2D eigenvalue weighted by molar-refractivity contribution is -0.117. The van der Waals surface area contributed by atoms with Crippen LogP contribution >= 0.6 is 15.6 Å². The average molecular weight is 1310 g/mol. The van der Waals surface area contributed by atoms with Crippen molar-refractivity contribution in [1.82, 2.24) is 28.7 Å². The van der Waals surface area contributed by atoms with Gasteiger partial charge in [0, 0.05) is 54.7 Å². The van der Waals surface area contributed by atoms with E-state index in [0.29, 0.717) is 25.7 Å². The Hall–Kier alpha value is -5.21. The summed E-state index contributed by atoms with van der Waals surface area (Å²) in [7, 11) is -10.1. The molecule has 3 aliphatic rings. The minimum Gasteiger partial charge on any atom is -0.352 e. The van der Waals surface area contributed by atoms with E-state index < -0.39 is 107 Å². The number of nitrogens with zero attached hydrogens (tertiary/aromatic N) is 8. The number of hydrogen-bond acceptors (Lipinski definition) is 18. The third-order valence-electron chi connectivity index (χ3n) is 16.5. The lowest BCUT2D eigenvalue weighted by atomic mass is 10.0. The minimum atomic E-state index is -5.17. The van der Waals surface area contributed by atoms with Gasteiger partial charge in [0.25, 0.3) is 5.56 Å². The molecular weight excluding hydrogens is 1210 g/mol. The fraction of sp³-hybridized carbons (Fsp3) is 0.767. The first-order valence-corrected chi connectivity index (χ1v) is 35.7. The summed E-state index contributed by atoms with van der Waals surface area (Å²) in [6, 6.07) is 1.85. The minimum absolute atomic E-state index is 0.0147. The maximum absolute atomic E-state index is 13.7. The molecule has 3 aliphatic heterocycles. The van der Waals surface area contributed by atoms with E-state index in [4.69, 9.17) is 32.3 Å². The summed E-state index contributed by atoms with van der Waals surface area (Å²) in [6.07, 6.45) is 27.2. The van der Waals surface area contributed by atoms with Gasteiger partial charge in [-0.05, 0) is 50.3 Å². The second-order valence-electron chi connectivity index (χ2n) is 23.8. The molecule has 6 heterocycles. The standard InChI is InChI=1S/C60H97N11O17P2/c1-4-6-8-10-12-14-16-18-20-22-24-26-28-30-52(72)62-50-34-36-69(58(75)64-50)54-33-32-45(85-54)41-82-89(78,79)83-43-49-47(88-90(80,81)84-42-48-46(67-68-61)38-55(86-48)71-40-44(3)57(74)66-60(71)77)39-56(87-49)70-37-35-51(65-59(70)76)63-53(73)31-29-27-25-23-21-19-17-15-13-11-9-7-5-2/h34-37,40,45-49,54-56H,4-33,38-39,41-43H2,1-3H3,(H,78,79)(H,80,81)(H,66,74,77)(H,62,64,72,75)(H,63,65,73,76). The number of H-pyrrole nitrogens is 1. The molecule has 28 nitrogen and oxygen atoms in total. The Labute approximate surface area is 526 Å². The van der Waals surface area contributed by atoms with Crippen molar-refractivity contribution in [2.24, 2.45) is 5.11 Å². The van der Waals surface area contributed by atoms with E-state index in [1.165, 1.54) is 158 Å². The molecule has 3 saturated heterocycles. The van der Waals surface area contributed by atoms with Gasteiger partial charge >= 0.3 is 32.7 Å². The Morgan fingerprint density at radius 1 is 0.622 bits per heavy atom. The summed E-state index contributed by atoms with van der Waals surface area (Å²) in [5.74, 6) is -0.466. The first-order chi connectivity index (χ1) is 43.4. The lowest BCUT2D eigenvalue weighted by Crippen LogP contribution is -2.33. The number of phosphoric ester groups is 2. The van der Waals surface area contributed by atoms with Crippen LogP contribution in [0.3, 0.4) is 0 Å². The van der Waals surface area contributed by atoms with Crippen LogP contribution < -0.4 is 33.3 Å². The Balaban J connectivity index is 0.986. The molecule has 0 radical (unpaired) electrons. The van der Waals surface area contributed by atoms with Gasteiger partial charge in [0.1, 0.15) is 42.5 Å². The largest absolute Gasteiger partial charge is 0.472 e. The van der Waals surface area contributed by atoms with Crippen LogP contribution in [0.2, 0.25) is 0 Å². The van der Waals surface area contributed by atoms with Gasteiger partial charge in [-0.3, -0.25) is 51.2 Å². The molecule has 3 aromatic rings. The summed E-state index contributed by atoms with van der Waals surface area (Å²) in [6.45, 7) is 3.94. The molecular formula is C60H97N11O17P2. The molecule has 10 unspecified atom stereocenters. The van der Waals surface area contributed by atoms with E-state index in [1.807, 2.05) is 0 Å². The SMILES string of the molecule is CCCCCCCCCCCCCCCC(=O)Nc1ccn(C2CCC(COP(=O)(O)OCC3OC(n4ccc(NC(=O)CCCCCCCCCCCCCCC)nc4=O)CC3OP(=O)(O)OCC3OC(n4cc(C)c(=O)[nH]c4=O)CC3N=[N+]=[N-])O2)c(=O)n1. The van der Waals surface area contributed by atoms with Gasteiger partial charge in [0.15, 0.2) is 0 Å². The van der Waals surface area contributed by atoms with E-state index >= 15 is 0 Å². The molecule has 10 atom stereocenters. The predicted octanol–water partition coefficient (Wildman–Crippen LogP) is 11.8. The van der Waals surface area contributed by atoms with Gasteiger partial charge in [-0.1, -0.05) is 173 Å². The normalized spacial score (nSPS) is 22.1. The number of rotatable bonds is 45. The fourth-order valence-corrected chi connectivity index (χ4v) is 13.1. The predicted molar refractivity (Wildman–Crippen MR) is 336 cm³/mol. The van der Waals surface area contributed by atoms with Crippen molar-refractivity contribution < 1.29 is 60.8 Å². The maximum Gasteiger partial charge on any atom is 0.472 e. The molecule has 504 valence electrons. The zero-order valence-electron chi connectivity index (χ0n) is 52.7. The van der Waals surface area contributed by atoms with Gasteiger partial charge in [0.2, 0.25) is 11.8 Å². The smallest absolute Gasteiger partial charge is 0.352 e. The van der Waals surface area contributed by atoms with E-state index in [-0.39, 0.29) is 48.3 Å². The number of anilines is 2. The number of aromatic nitrogens is 6. The van der Waals surface area contributed by atoms with Gasteiger partial charge in [-0.25, -0.2) is 23.5 Å². The molecule has 2 amide bonds. The Bertz CT molecular complexity index is 3080. The Morgan fingerprint density at radius 2 is 1.07 bits per heavy atom.